The van der Waals surface area contributed by atoms with Gasteiger partial charge in [0.1, 0.15) is 5.75 Å². The topological polar surface area (TPSA) is 74.6 Å². The Morgan fingerprint density at radius 3 is 2.44 bits per heavy atom. The van der Waals surface area contributed by atoms with Gasteiger partial charge in [-0.25, -0.2) is 8.42 Å². The molecule has 0 radical (unpaired) electrons. The summed E-state index contributed by atoms with van der Waals surface area (Å²) in [5, 5.41) is 20.6. The van der Waals surface area contributed by atoms with Crippen molar-refractivity contribution in [3.8, 4) is 5.75 Å². The molecule has 2 N–H and O–H groups in total. The predicted molar refractivity (Wildman–Crippen MR) is 59.6 cm³/mol. The van der Waals surface area contributed by atoms with Gasteiger partial charge in [-0.1, -0.05) is 6.07 Å². The van der Waals surface area contributed by atoms with E-state index in [-0.39, 0.29) is 21.8 Å². The van der Waals surface area contributed by atoms with E-state index in [2.05, 4.69) is 0 Å². The van der Waals surface area contributed by atoms with Crippen LogP contribution in [0.2, 0.25) is 0 Å². The molecule has 0 aromatic heterocycles. The Morgan fingerprint density at radius 2 is 1.88 bits per heavy atom. The lowest BCUT2D eigenvalue weighted by molar-refractivity contribution is 0.143. The molecule has 1 aliphatic rings. The van der Waals surface area contributed by atoms with Crippen LogP contribution in [0.4, 0.5) is 0 Å². The number of phenols is 1. The van der Waals surface area contributed by atoms with Gasteiger partial charge in [-0.05, 0) is 26.0 Å². The molecule has 1 aromatic carbocycles. The van der Waals surface area contributed by atoms with Crippen LogP contribution in [0.15, 0.2) is 28.5 Å². The number of hydrogen-bond donors (Lipinski definition) is 2. The standard InChI is InChI=1S/C11H12O4S/c1-11(2,13)7-6-16(14,15)9-5-3-4-8(12)10(7)9/h3-6,12-13H,1-2H3. The van der Waals surface area contributed by atoms with Gasteiger partial charge in [0.2, 0.25) is 9.84 Å². The van der Waals surface area contributed by atoms with E-state index in [0.717, 1.165) is 5.41 Å². The molecule has 0 spiro atoms. The molecule has 0 fully saturated rings. The lowest BCUT2D eigenvalue weighted by Gasteiger charge is -2.19. The highest BCUT2D eigenvalue weighted by molar-refractivity contribution is 7.95. The monoisotopic (exact) mass is 240 g/mol. The van der Waals surface area contributed by atoms with Crippen molar-refractivity contribution in [2.45, 2.75) is 24.3 Å². The molecular formula is C11H12O4S. The molecule has 0 atom stereocenters. The van der Waals surface area contributed by atoms with Crippen LogP contribution in [-0.2, 0) is 9.84 Å². The van der Waals surface area contributed by atoms with Crippen LogP contribution in [0.25, 0.3) is 5.57 Å². The van der Waals surface area contributed by atoms with Crippen molar-refractivity contribution in [3.05, 3.63) is 29.2 Å². The second kappa shape index (κ2) is 3.09. The van der Waals surface area contributed by atoms with Gasteiger partial charge < -0.3 is 10.2 Å². The zero-order chi connectivity index (χ0) is 12.1. The molecule has 1 aromatic rings. The highest BCUT2D eigenvalue weighted by Crippen LogP contribution is 2.43. The molecule has 5 heteroatoms. The number of phenolic OH excluding ortho intramolecular Hbond substituents is 1. The average molecular weight is 240 g/mol. The summed E-state index contributed by atoms with van der Waals surface area (Å²) in [6.07, 6.45) is 0. The highest BCUT2D eigenvalue weighted by atomic mass is 32.2. The van der Waals surface area contributed by atoms with Crippen molar-refractivity contribution in [3.63, 3.8) is 0 Å². The third-order valence-electron chi connectivity index (χ3n) is 2.51. The van der Waals surface area contributed by atoms with E-state index in [0.29, 0.717) is 0 Å². The van der Waals surface area contributed by atoms with E-state index in [9.17, 15) is 18.6 Å². The number of rotatable bonds is 1. The average Bonchev–Trinajstić information content (AvgIpc) is 2.39. The lowest BCUT2D eigenvalue weighted by Crippen LogP contribution is -2.19. The van der Waals surface area contributed by atoms with Crippen molar-refractivity contribution in [1.29, 1.82) is 0 Å². The largest absolute Gasteiger partial charge is 0.507 e. The van der Waals surface area contributed by atoms with Crippen LogP contribution in [0.5, 0.6) is 5.75 Å². The predicted octanol–water partition coefficient (Wildman–Crippen LogP) is 1.29. The molecule has 0 amide bonds. The van der Waals surface area contributed by atoms with Gasteiger partial charge in [-0.2, -0.15) is 0 Å². The number of sulfone groups is 1. The molecule has 0 bridgehead atoms. The number of fused-ring (bicyclic) bond motifs is 1. The number of benzene rings is 1. The van der Waals surface area contributed by atoms with E-state index in [4.69, 9.17) is 0 Å². The van der Waals surface area contributed by atoms with E-state index in [1.54, 1.807) is 0 Å². The van der Waals surface area contributed by atoms with E-state index in [1.807, 2.05) is 0 Å². The molecule has 16 heavy (non-hydrogen) atoms. The maximum absolute atomic E-state index is 11.8. The molecule has 0 saturated heterocycles. The van der Waals surface area contributed by atoms with E-state index < -0.39 is 15.4 Å². The van der Waals surface area contributed by atoms with Gasteiger partial charge in [0.05, 0.1) is 10.5 Å². The maximum atomic E-state index is 11.8. The summed E-state index contributed by atoms with van der Waals surface area (Å²) in [5.41, 5.74) is -0.882. The lowest BCUT2D eigenvalue weighted by atomic mass is 9.92. The molecular weight excluding hydrogens is 228 g/mol. The van der Waals surface area contributed by atoms with Crippen LogP contribution in [0.1, 0.15) is 19.4 Å². The summed E-state index contributed by atoms with van der Waals surface area (Å²) in [4.78, 5) is 0.0459. The smallest absolute Gasteiger partial charge is 0.200 e. The fourth-order valence-electron chi connectivity index (χ4n) is 1.76. The van der Waals surface area contributed by atoms with Crippen molar-refractivity contribution >= 4 is 15.4 Å². The molecule has 1 aliphatic heterocycles. The Bertz CT molecular complexity index is 576. The Kier molecular flexibility index (Phi) is 2.15. The first-order chi connectivity index (χ1) is 7.23. The molecule has 2 rings (SSSR count). The maximum Gasteiger partial charge on any atom is 0.200 e. The molecule has 86 valence electrons. The van der Waals surface area contributed by atoms with Gasteiger partial charge >= 0.3 is 0 Å². The Labute approximate surface area is 93.8 Å². The van der Waals surface area contributed by atoms with Gasteiger partial charge in [0, 0.05) is 16.5 Å². The van der Waals surface area contributed by atoms with Gasteiger partial charge in [0.25, 0.3) is 0 Å². The summed E-state index contributed by atoms with van der Waals surface area (Å²) in [6, 6.07) is 4.28. The van der Waals surface area contributed by atoms with E-state index in [1.165, 1.54) is 32.0 Å². The highest BCUT2D eigenvalue weighted by Gasteiger charge is 2.36. The Morgan fingerprint density at radius 1 is 1.25 bits per heavy atom. The first-order valence-electron chi connectivity index (χ1n) is 4.75. The van der Waals surface area contributed by atoms with Crippen molar-refractivity contribution in [2.75, 3.05) is 0 Å². The minimum atomic E-state index is -3.54. The third kappa shape index (κ3) is 1.52. The number of hydrogen-bond acceptors (Lipinski definition) is 4. The molecule has 1 heterocycles. The van der Waals surface area contributed by atoms with E-state index >= 15 is 0 Å². The van der Waals surface area contributed by atoms with Gasteiger partial charge in [-0.3, -0.25) is 0 Å². The van der Waals surface area contributed by atoms with Crippen LogP contribution in [-0.4, -0.2) is 24.2 Å². The van der Waals surface area contributed by atoms with Crippen LogP contribution in [0, 0.1) is 0 Å². The summed E-state index contributed by atoms with van der Waals surface area (Å²) in [6.45, 7) is 2.96. The summed E-state index contributed by atoms with van der Waals surface area (Å²) >= 11 is 0. The second-order valence-electron chi connectivity index (χ2n) is 4.29. The second-order valence-corrected chi connectivity index (χ2v) is 6.05. The van der Waals surface area contributed by atoms with Crippen molar-refractivity contribution < 1.29 is 18.6 Å². The molecule has 0 saturated carbocycles. The quantitative estimate of drug-likeness (QED) is 0.775. The summed E-state index contributed by atoms with van der Waals surface area (Å²) in [7, 11) is -3.54. The minimum absolute atomic E-state index is 0.0459. The zero-order valence-corrected chi connectivity index (χ0v) is 9.75. The fraction of sp³-hybridized carbons (Fsp3) is 0.273. The third-order valence-corrected chi connectivity index (χ3v) is 4.01. The SMILES string of the molecule is CC(C)(O)C1=CS(=O)(=O)c2cccc(O)c21. The van der Waals surface area contributed by atoms with Crippen LogP contribution in [0.3, 0.4) is 0 Å². The molecule has 0 unspecified atom stereocenters. The first-order valence-corrected chi connectivity index (χ1v) is 6.30. The summed E-state index contributed by atoms with van der Waals surface area (Å²) < 4.78 is 23.5. The normalized spacial score (nSPS) is 18.1. The van der Waals surface area contributed by atoms with Crippen LogP contribution >= 0.6 is 0 Å². The Balaban J connectivity index is 2.82. The van der Waals surface area contributed by atoms with Crippen LogP contribution < -0.4 is 0 Å². The number of aliphatic hydroxyl groups is 1. The Hall–Kier alpha value is -1.33. The fourth-order valence-corrected chi connectivity index (χ4v) is 3.37. The number of aromatic hydroxyl groups is 1. The molecule has 0 aliphatic carbocycles. The van der Waals surface area contributed by atoms with Gasteiger partial charge in [0.15, 0.2) is 0 Å². The summed E-state index contributed by atoms with van der Waals surface area (Å²) in [5.74, 6) is -0.132. The zero-order valence-electron chi connectivity index (χ0n) is 8.93. The van der Waals surface area contributed by atoms with Gasteiger partial charge in [-0.15, -0.1) is 0 Å². The minimum Gasteiger partial charge on any atom is -0.507 e. The van der Waals surface area contributed by atoms with Crippen molar-refractivity contribution in [2.24, 2.45) is 0 Å². The molecule has 4 nitrogen and oxygen atoms in total. The first kappa shape index (κ1) is 11.2. The van der Waals surface area contributed by atoms with Crippen molar-refractivity contribution in [1.82, 2.24) is 0 Å².